The van der Waals surface area contributed by atoms with Gasteiger partial charge in [-0.3, -0.25) is 0 Å². The summed E-state index contributed by atoms with van der Waals surface area (Å²) in [5.41, 5.74) is 1.55. The third-order valence-corrected chi connectivity index (χ3v) is 4.71. The predicted octanol–water partition coefficient (Wildman–Crippen LogP) is 3.40. The van der Waals surface area contributed by atoms with Gasteiger partial charge in [0.15, 0.2) is 0 Å². The molecule has 3 aromatic rings. The van der Waals surface area contributed by atoms with E-state index in [1.165, 1.54) is 6.07 Å². The SMILES string of the molecule is O=C(O)c1cc2ccccc2nc1N1CCN(c2ccccc2F)CC1. The molecule has 2 aromatic carbocycles. The van der Waals surface area contributed by atoms with Crippen molar-refractivity contribution in [2.24, 2.45) is 0 Å². The van der Waals surface area contributed by atoms with Gasteiger partial charge < -0.3 is 14.9 Å². The summed E-state index contributed by atoms with van der Waals surface area (Å²) < 4.78 is 14.0. The zero-order valence-corrected chi connectivity index (χ0v) is 14.1. The van der Waals surface area contributed by atoms with Gasteiger partial charge in [0.1, 0.15) is 17.2 Å². The Hall–Kier alpha value is -3.15. The van der Waals surface area contributed by atoms with Crippen LogP contribution in [0.5, 0.6) is 0 Å². The Labute approximate surface area is 150 Å². The van der Waals surface area contributed by atoms with Crippen LogP contribution in [-0.2, 0) is 0 Å². The number of hydrogen-bond acceptors (Lipinski definition) is 4. The molecular weight excluding hydrogens is 333 g/mol. The first kappa shape index (κ1) is 16.3. The Morgan fingerprint density at radius 1 is 0.962 bits per heavy atom. The van der Waals surface area contributed by atoms with Crippen LogP contribution >= 0.6 is 0 Å². The second-order valence-corrected chi connectivity index (χ2v) is 6.28. The number of carboxylic acids is 1. The molecule has 2 heterocycles. The number of benzene rings is 2. The maximum absolute atomic E-state index is 14.0. The molecule has 1 aromatic heterocycles. The van der Waals surface area contributed by atoms with Crippen molar-refractivity contribution < 1.29 is 14.3 Å². The van der Waals surface area contributed by atoms with Crippen molar-refractivity contribution in [3.63, 3.8) is 0 Å². The first-order chi connectivity index (χ1) is 12.6. The lowest BCUT2D eigenvalue weighted by Gasteiger charge is -2.37. The first-order valence-electron chi connectivity index (χ1n) is 8.51. The van der Waals surface area contributed by atoms with Crippen LogP contribution in [0.4, 0.5) is 15.9 Å². The largest absolute Gasteiger partial charge is 0.478 e. The second kappa shape index (κ2) is 6.63. The van der Waals surface area contributed by atoms with Crippen LogP contribution in [0.25, 0.3) is 10.9 Å². The van der Waals surface area contributed by atoms with E-state index in [2.05, 4.69) is 4.98 Å². The number of nitrogens with zero attached hydrogens (tertiary/aromatic N) is 3. The lowest BCUT2D eigenvalue weighted by Crippen LogP contribution is -2.47. The number of halogens is 1. The van der Waals surface area contributed by atoms with Gasteiger partial charge in [-0.25, -0.2) is 14.2 Å². The van der Waals surface area contributed by atoms with Crippen molar-refractivity contribution in [1.29, 1.82) is 0 Å². The predicted molar refractivity (Wildman–Crippen MR) is 99.5 cm³/mol. The van der Waals surface area contributed by atoms with Crippen LogP contribution in [0, 0.1) is 5.82 Å². The monoisotopic (exact) mass is 351 g/mol. The highest BCUT2D eigenvalue weighted by molar-refractivity contribution is 5.98. The van der Waals surface area contributed by atoms with E-state index in [1.807, 2.05) is 40.1 Å². The molecule has 0 atom stereocenters. The average Bonchev–Trinajstić information content (AvgIpc) is 2.67. The van der Waals surface area contributed by atoms with Crippen molar-refractivity contribution in [1.82, 2.24) is 4.98 Å². The molecule has 132 valence electrons. The lowest BCUT2D eigenvalue weighted by molar-refractivity contribution is 0.0697. The summed E-state index contributed by atoms with van der Waals surface area (Å²) in [6.45, 7) is 2.38. The number of para-hydroxylation sites is 2. The van der Waals surface area contributed by atoms with Gasteiger partial charge in [0, 0.05) is 31.6 Å². The van der Waals surface area contributed by atoms with Crippen LogP contribution < -0.4 is 9.80 Å². The van der Waals surface area contributed by atoms with Gasteiger partial charge in [0.2, 0.25) is 0 Å². The van der Waals surface area contributed by atoms with Gasteiger partial charge in [-0.1, -0.05) is 30.3 Å². The first-order valence-corrected chi connectivity index (χ1v) is 8.51. The number of rotatable bonds is 3. The Kier molecular flexibility index (Phi) is 4.16. The topological polar surface area (TPSA) is 56.7 Å². The highest BCUT2D eigenvalue weighted by Crippen LogP contribution is 2.26. The number of carbonyl (C=O) groups is 1. The summed E-state index contributed by atoms with van der Waals surface area (Å²) in [6.07, 6.45) is 0. The fraction of sp³-hybridized carbons (Fsp3) is 0.200. The summed E-state index contributed by atoms with van der Waals surface area (Å²) >= 11 is 0. The molecule has 0 radical (unpaired) electrons. The molecule has 0 spiro atoms. The second-order valence-electron chi connectivity index (χ2n) is 6.28. The fourth-order valence-corrected chi connectivity index (χ4v) is 3.37. The Morgan fingerprint density at radius 2 is 1.62 bits per heavy atom. The minimum atomic E-state index is -0.991. The fourth-order valence-electron chi connectivity index (χ4n) is 3.37. The van der Waals surface area contributed by atoms with Crippen molar-refractivity contribution >= 4 is 28.4 Å². The van der Waals surface area contributed by atoms with E-state index in [0.29, 0.717) is 37.7 Å². The lowest BCUT2D eigenvalue weighted by atomic mass is 10.1. The molecule has 0 unspecified atom stereocenters. The highest BCUT2D eigenvalue weighted by atomic mass is 19.1. The average molecular weight is 351 g/mol. The minimum Gasteiger partial charge on any atom is -0.478 e. The van der Waals surface area contributed by atoms with Gasteiger partial charge in [0.25, 0.3) is 0 Å². The summed E-state index contributed by atoms with van der Waals surface area (Å²) in [4.78, 5) is 20.2. The smallest absolute Gasteiger partial charge is 0.339 e. The number of aromatic nitrogens is 1. The molecule has 1 aliphatic rings. The van der Waals surface area contributed by atoms with Gasteiger partial charge in [0.05, 0.1) is 11.2 Å². The van der Waals surface area contributed by atoms with Crippen LogP contribution in [0.15, 0.2) is 54.6 Å². The van der Waals surface area contributed by atoms with E-state index in [1.54, 1.807) is 18.2 Å². The van der Waals surface area contributed by atoms with E-state index in [4.69, 9.17) is 0 Å². The number of fused-ring (bicyclic) bond motifs is 1. The number of piperazine rings is 1. The van der Waals surface area contributed by atoms with Gasteiger partial charge in [-0.05, 0) is 24.3 Å². The number of carboxylic acid groups (broad SMARTS) is 1. The third kappa shape index (κ3) is 2.94. The van der Waals surface area contributed by atoms with E-state index >= 15 is 0 Å². The quantitative estimate of drug-likeness (QED) is 0.784. The molecule has 26 heavy (non-hydrogen) atoms. The van der Waals surface area contributed by atoms with Crippen molar-refractivity contribution in [2.45, 2.75) is 0 Å². The number of aromatic carboxylic acids is 1. The normalized spacial score (nSPS) is 14.7. The Morgan fingerprint density at radius 3 is 2.35 bits per heavy atom. The highest BCUT2D eigenvalue weighted by Gasteiger charge is 2.24. The van der Waals surface area contributed by atoms with Gasteiger partial charge >= 0.3 is 5.97 Å². The van der Waals surface area contributed by atoms with Gasteiger partial charge in [-0.2, -0.15) is 0 Å². The van der Waals surface area contributed by atoms with E-state index in [0.717, 1.165) is 10.9 Å². The van der Waals surface area contributed by atoms with E-state index in [9.17, 15) is 14.3 Å². The van der Waals surface area contributed by atoms with Crippen molar-refractivity contribution in [2.75, 3.05) is 36.0 Å². The summed E-state index contributed by atoms with van der Waals surface area (Å²) in [6, 6.07) is 15.9. The molecule has 6 heteroatoms. The molecule has 0 bridgehead atoms. The zero-order valence-electron chi connectivity index (χ0n) is 14.1. The van der Waals surface area contributed by atoms with Crippen molar-refractivity contribution in [3.05, 3.63) is 66.0 Å². The van der Waals surface area contributed by atoms with Crippen LogP contribution in [0.2, 0.25) is 0 Å². The number of anilines is 2. The standard InChI is InChI=1S/C20H18FN3O2/c21-16-6-2-4-8-18(16)23-9-11-24(12-10-23)19-15(20(25)26)13-14-5-1-3-7-17(14)22-19/h1-8,13H,9-12H2,(H,25,26). The maximum atomic E-state index is 14.0. The number of hydrogen-bond donors (Lipinski definition) is 1. The molecule has 1 aliphatic heterocycles. The molecule has 1 fully saturated rings. The maximum Gasteiger partial charge on any atom is 0.339 e. The van der Waals surface area contributed by atoms with Gasteiger partial charge in [-0.15, -0.1) is 0 Å². The van der Waals surface area contributed by atoms with E-state index in [-0.39, 0.29) is 11.4 Å². The summed E-state index contributed by atoms with van der Waals surface area (Å²) in [7, 11) is 0. The summed E-state index contributed by atoms with van der Waals surface area (Å²) in [5, 5.41) is 10.4. The molecule has 1 N–H and O–H groups in total. The van der Waals surface area contributed by atoms with Crippen LogP contribution in [0.1, 0.15) is 10.4 Å². The molecule has 0 aliphatic carbocycles. The summed E-state index contributed by atoms with van der Waals surface area (Å²) in [5.74, 6) is -0.754. The third-order valence-electron chi connectivity index (χ3n) is 4.71. The molecule has 4 rings (SSSR count). The molecule has 0 saturated carbocycles. The minimum absolute atomic E-state index is 0.197. The molecule has 0 amide bonds. The van der Waals surface area contributed by atoms with Crippen LogP contribution in [-0.4, -0.2) is 42.2 Å². The molecule has 1 saturated heterocycles. The van der Waals surface area contributed by atoms with Crippen LogP contribution in [0.3, 0.4) is 0 Å². The molecule has 5 nitrogen and oxygen atoms in total. The van der Waals surface area contributed by atoms with E-state index < -0.39 is 5.97 Å². The zero-order chi connectivity index (χ0) is 18.1. The Bertz CT molecular complexity index is 968. The molecular formula is C20H18FN3O2. The Balaban J connectivity index is 1.62. The van der Waals surface area contributed by atoms with Crippen molar-refractivity contribution in [3.8, 4) is 0 Å². The number of pyridine rings is 1.